The molecule has 128 valence electrons. The summed E-state index contributed by atoms with van der Waals surface area (Å²) in [5.74, 6) is -0.0243. The Balaban J connectivity index is 1.56. The molecule has 0 spiro atoms. The van der Waals surface area contributed by atoms with Crippen LogP contribution in [-0.4, -0.2) is 21.7 Å². The zero-order valence-corrected chi connectivity index (χ0v) is 14.6. The fourth-order valence-electron chi connectivity index (χ4n) is 2.92. The third-order valence-corrected chi connectivity index (χ3v) is 4.24. The van der Waals surface area contributed by atoms with Gasteiger partial charge in [-0.2, -0.15) is 5.10 Å². The fourth-order valence-corrected chi connectivity index (χ4v) is 2.92. The van der Waals surface area contributed by atoms with Crippen molar-refractivity contribution < 1.29 is 4.79 Å². The van der Waals surface area contributed by atoms with E-state index in [4.69, 9.17) is 0 Å². The molecule has 3 aromatic rings. The fraction of sp³-hybridized carbons (Fsp3) is 0.238. The van der Waals surface area contributed by atoms with Gasteiger partial charge in [0.2, 0.25) is 5.91 Å². The minimum absolute atomic E-state index is 0.0243. The van der Waals surface area contributed by atoms with Gasteiger partial charge in [0.25, 0.3) is 0 Å². The Kier molecular flexibility index (Phi) is 5.29. The maximum Gasteiger partial charge on any atom is 0.241 e. The van der Waals surface area contributed by atoms with Gasteiger partial charge in [0.15, 0.2) is 0 Å². The van der Waals surface area contributed by atoms with Crippen molar-refractivity contribution in [3.05, 3.63) is 78.1 Å². The Hall–Kier alpha value is -2.88. The van der Waals surface area contributed by atoms with E-state index in [0.717, 1.165) is 17.5 Å². The van der Waals surface area contributed by atoms with E-state index in [-0.39, 0.29) is 18.5 Å². The highest BCUT2D eigenvalue weighted by molar-refractivity contribution is 5.76. The zero-order chi connectivity index (χ0) is 17.6. The summed E-state index contributed by atoms with van der Waals surface area (Å²) < 4.78 is 1.68. The normalized spacial score (nSPS) is 11.9. The summed E-state index contributed by atoms with van der Waals surface area (Å²) in [5.41, 5.74) is 4.63. The monoisotopic (exact) mass is 333 g/mol. The summed E-state index contributed by atoms with van der Waals surface area (Å²) >= 11 is 0. The number of carbonyl (C=O) groups is 1. The van der Waals surface area contributed by atoms with Crippen molar-refractivity contribution in [3.63, 3.8) is 0 Å². The summed E-state index contributed by atoms with van der Waals surface area (Å²) in [6, 6.07) is 18.4. The molecule has 1 atom stereocenters. The minimum Gasteiger partial charge on any atom is -0.352 e. The standard InChI is InChI=1S/C21H23N3O/c1-16-8-6-7-11-19(16)12-17(2)23-21(25)15-24-14-20(13-22-24)18-9-4-3-5-10-18/h3-11,13-14,17H,12,15H2,1-2H3,(H,23,25). The van der Waals surface area contributed by atoms with Crippen LogP contribution in [0.15, 0.2) is 67.0 Å². The van der Waals surface area contributed by atoms with Gasteiger partial charge >= 0.3 is 0 Å². The van der Waals surface area contributed by atoms with E-state index in [1.165, 1.54) is 11.1 Å². The van der Waals surface area contributed by atoms with Crippen molar-refractivity contribution in [3.8, 4) is 11.1 Å². The van der Waals surface area contributed by atoms with Crippen molar-refractivity contribution in [2.75, 3.05) is 0 Å². The van der Waals surface area contributed by atoms with Crippen LogP contribution in [0.1, 0.15) is 18.1 Å². The lowest BCUT2D eigenvalue weighted by Crippen LogP contribution is -2.36. The topological polar surface area (TPSA) is 46.9 Å². The number of benzene rings is 2. The molecule has 0 aliphatic heterocycles. The van der Waals surface area contributed by atoms with Crippen molar-refractivity contribution in [2.45, 2.75) is 32.9 Å². The molecule has 1 amide bonds. The molecule has 4 nitrogen and oxygen atoms in total. The van der Waals surface area contributed by atoms with Gasteiger partial charge < -0.3 is 5.32 Å². The van der Waals surface area contributed by atoms with Gasteiger partial charge in [0.05, 0.1) is 6.20 Å². The van der Waals surface area contributed by atoms with Crippen LogP contribution < -0.4 is 5.32 Å². The average molecular weight is 333 g/mol. The molecular weight excluding hydrogens is 310 g/mol. The van der Waals surface area contributed by atoms with E-state index < -0.39 is 0 Å². The van der Waals surface area contributed by atoms with Crippen molar-refractivity contribution in [1.82, 2.24) is 15.1 Å². The molecule has 4 heteroatoms. The molecule has 1 aromatic heterocycles. The van der Waals surface area contributed by atoms with E-state index in [9.17, 15) is 4.79 Å². The maximum absolute atomic E-state index is 12.3. The quantitative estimate of drug-likeness (QED) is 0.749. The van der Waals surface area contributed by atoms with E-state index in [2.05, 4.69) is 29.5 Å². The number of rotatable bonds is 6. The van der Waals surface area contributed by atoms with Gasteiger partial charge in [-0.25, -0.2) is 0 Å². The zero-order valence-electron chi connectivity index (χ0n) is 14.6. The predicted octanol–water partition coefficient (Wildman–Crippen LogP) is 3.61. The molecule has 0 radical (unpaired) electrons. The first-order chi connectivity index (χ1) is 12.1. The van der Waals surface area contributed by atoms with Crippen LogP contribution in [0, 0.1) is 6.92 Å². The number of nitrogens with one attached hydrogen (secondary N) is 1. The average Bonchev–Trinajstić information content (AvgIpc) is 3.06. The van der Waals surface area contributed by atoms with Crippen molar-refractivity contribution in [2.24, 2.45) is 0 Å². The molecule has 1 heterocycles. The van der Waals surface area contributed by atoms with Crippen LogP contribution in [0.5, 0.6) is 0 Å². The SMILES string of the molecule is Cc1ccccc1CC(C)NC(=O)Cn1cc(-c2ccccc2)cn1. The molecule has 1 unspecified atom stereocenters. The van der Waals surface area contributed by atoms with E-state index in [1.807, 2.05) is 55.6 Å². The summed E-state index contributed by atoms with van der Waals surface area (Å²) in [5, 5.41) is 7.35. The highest BCUT2D eigenvalue weighted by atomic mass is 16.2. The van der Waals surface area contributed by atoms with E-state index in [0.29, 0.717) is 0 Å². The predicted molar refractivity (Wildman–Crippen MR) is 100 cm³/mol. The van der Waals surface area contributed by atoms with Gasteiger partial charge in [0.1, 0.15) is 6.54 Å². The highest BCUT2D eigenvalue weighted by Gasteiger charge is 2.11. The van der Waals surface area contributed by atoms with Crippen LogP contribution in [0.2, 0.25) is 0 Å². The number of amides is 1. The Labute approximate surface area is 148 Å². The van der Waals surface area contributed by atoms with Gasteiger partial charge in [-0.1, -0.05) is 54.6 Å². The second-order valence-electron chi connectivity index (χ2n) is 6.39. The number of hydrogen-bond donors (Lipinski definition) is 1. The molecule has 0 aliphatic rings. The lowest BCUT2D eigenvalue weighted by molar-refractivity contribution is -0.122. The Bertz CT molecular complexity index is 839. The molecule has 0 bridgehead atoms. The summed E-state index contributed by atoms with van der Waals surface area (Å²) in [6.45, 7) is 4.35. The molecule has 0 saturated carbocycles. The highest BCUT2D eigenvalue weighted by Crippen LogP contribution is 2.17. The van der Waals surface area contributed by atoms with Gasteiger partial charge in [0, 0.05) is 17.8 Å². The molecule has 0 aliphatic carbocycles. The van der Waals surface area contributed by atoms with Crippen molar-refractivity contribution in [1.29, 1.82) is 0 Å². The number of aromatic nitrogens is 2. The van der Waals surface area contributed by atoms with Crippen LogP contribution in [0.4, 0.5) is 0 Å². The van der Waals surface area contributed by atoms with Crippen LogP contribution in [0.3, 0.4) is 0 Å². The molecule has 25 heavy (non-hydrogen) atoms. The Morgan fingerprint density at radius 2 is 1.80 bits per heavy atom. The minimum atomic E-state index is -0.0243. The summed E-state index contributed by atoms with van der Waals surface area (Å²) in [4.78, 5) is 12.3. The van der Waals surface area contributed by atoms with Crippen LogP contribution in [0.25, 0.3) is 11.1 Å². The lowest BCUT2D eigenvalue weighted by atomic mass is 10.0. The molecule has 2 aromatic carbocycles. The number of aryl methyl sites for hydroxylation is 1. The third-order valence-electron chi connectivity index (χ3n) is 4.24. The van der Waals surface area contributed by atoms with Crippen LogP contribution >= 0.6 is 0 Å². The molecule has 0 saturated heterocycles. The molecule has 0 fully saturated rings. The van der Waals surface area contributed by atoms with Gasteiger partial charge in [-0.05, 0) is 37.0 Å². The first kappa shape index (κ1) is 17.0. The second kappa shape index (κ2) is 7.79. The number of carbonyl (C=O) groups excluding carboxylic acids is 1. The first-order valence-electron chi connectivity index (χ1n) is 8.53. The van der Waals surface area contributed by atoms with Gasteiger partial charge in [-0.3, -0.25) is 9.48 Å². The molecule has 3 rings (SSSR count). The molecule has 1 N–H and O–H groups in total. The third kappa shape index (κ3) is 4.57. The van der Waals surface area contributed by atoms with E-state index in [1.54, 1.807) is 10.9 Å². The smallest absolute Gasteiger partial charge is 0.241 e. The maximum atomic E-state index is 12.3. The second-order valence-corrected chi connectivity index (χ2v) is 6.39. The summed E-state index contributed by atoms with van der Waals surface area (Å²) in [7, 11) is 0. The lowest BCUT2D eigenvalue weighted by Gasteiger charge is -2.15. The summed E-state index contributed by atoms with van der Waals surface area (Å²) in [6.07, 6.45) is 4.52. The van der Waals surface area contributed by atoms with Gasteiger partial charge in [-0.15, -0.1) is 0 Å². The van der Waals surface area contributed by atoms with Crippen LogP contribution in [-0.2, 0) is 17.8 Å². The largest absolute Gasteiger partial charge is 0.352 e. The Morgan fingerprint density at radius 1 is 1.08 bits per heavy atom. The molecular formula is C21H23N3O. The van der Waals surface area contributed by atoms with Crippen molar-refractivity contribution >= 4 is 5.91 Å². The number of hydrogen-bond acceptors (Lipinski definition) is 2. The first-order valence-corrected chi connectivity index (χ1v) is 8.53. The Morgan fingerprint density at radius 3 is 2.56 bits per heavy atom. The number of nitrogens with zero attached hydrogens (tertiary/aromatic N) is 2. The van der Waals surface area contributed by atoms with E-state index >= 15 is 0 Å².